The van der Waals surface area contributed by atoms with Crippen LogP contribution in [0.25, 0.3) is 6.08 Å². The molecular weight excluding hydrogens is 474 g/mol. The minimum Gasteiger partial charge on any atom is -0.492 e. The van der Waals surface area contributed by atoms with Crippen molar-refractivity contribution in [2.75, 3.05) is 19.8 Å². The number of carboxylic acid groups (broad SMARTS) is 1. The van der Waals surface area contributed by atoms with Gasteiger partial charge in [0.05, 0.1) is 11.4 Å². The van der Waals surface area contributed by atoms with Crippen LogP contribution < -0.4 is 9.47 Å². The molecule has 2 aromatic rings. The number of nitrogens with zero attached hydrogens (tertiary/aromatic N) is 1. The largest absolute Gasteiger partial charge is 0.492 e. The fraction of sp³-hybridized carbons (Fsp3) is 0.190. The van der Waals surface area contributed by atoms with E-state index >= 15 is 0 Å². The third-order valence-electron chi connectivity index (χ3n) is 4.09. The van der Waals surface area contributed by atoms with Crippen molar-refractivity contribution in [1.82, 2.24) is 4.90 Å². The first-order valence-corrected chi connectivity index (χ1v) is 10.5. The van der Waals surface area contributed by atoms with Gasteiger partial charge in [0.1, 0.15) is 18.1 Å². The highest BCUT2D eigenvalue weighted by atomic mass is 79.9. The summed E-state index contributed by atoms with van der Waals surface area (Å²) < 4.78 is 11.6. The fourth-order valence-electron chi connectivity index (χ4n) is 2.63. The van der Waals surface area contributed by atoms with Crippen LogP contribution in [0.1, 0.15) is 11.1 Å². The highest BCUT2D eigenvalue weighted by Gasteiger charge is 2.35. The van der Waals surface area contributed by atoms with E-state index in [9.17, 15) is 14.4 Å². The minimum atomic E-state index is -1.11. The Labute approximate surface area is 185 Å². The van der Waals surface area contributed by atoms with Crippen molar-refractivity contribution >= 4 is 50.9 Å². The molecule has 0 atom stereocenters. The molecule has 0 unspecified atom stereocenters. The summed E-state index contributed by atoms with van der Waals surface area (Å²) in [5.41, 5.74) is 1.60. The fourth-order valence-corrected chi connectivity index (χ4v) is 3.86. The number of carbonyl (C=O) groups excluding carboxylic acids is 2. The second kappa shape index (κ2) is 9.82. The molecule has 1 fully saturated rings. The molecule has 1 aliphatic rings. The molecule has 1 aliphatic heterocycles. The first kappa shape index (κ1) is 21.9. The Kier molecular flexibility index (Phi) is 7.17. The van der Waals surface area contributed by atoms with Gasteiger partial charge in [-0.15, -0.1) is 0 Å². The summed E-state index contributed by atoms with van der Waals surface area (Å²) in [5.74, 6) is -0.577. The molecule has 0 bridgehead atoms. The average molecular weight is 492 g/mol. The summed E-state index contributed by atoms with van der Waals surface area (Å²) in [5, 5.41) is 8.44. The lowest BCUT2D eigenvalue weighted by molar-refractivity contribution is -0.139. The van der Waals surface area contributed by atoms with E-state index in [0.29, 0.717) is 17.1 Å². The Morgan fingerprint density at radius 3 is 2.60 bits per heavy atom. The van der Waals surface area contributed by atoms with Crippen molar-refractivity contribution in [3.63, 3.8) is 0 Å². The number of benzene rings is 2. The number of aliphatic carboxylic acids is 1. The molecule has 156 valence electrons. The van der Waals surface area contributed by atoms with Gasteiger partial charge in [0.15, 0.2) is 6.61 Å². The number of carbonyl (C=O) groups is 3. The van der Waals surface area contributed by atoms with Crippen molar-refractivity contribution in [2.45, 2.75) is 6.92 Å². The molecular formula is C21H18BrNO6S. The van der Waals surface area contributed by atoms with Crippen LogP contribution in [0.5, 0.6) is 11.5 Å². The monoisotopic (exact) mass is 491 g/mol. The van der Waals surface area contributed by atoms with Crippen molar-refractivity contribution in [2.24, 2.45) is 0 Å². The number of thioether (sulfide) groups is 1. The molecule has 0 aliphatic carbocycles. The second-order valence-corrected chi connectivity index (χ2v) is 8.27. The van der Waals surface area contributed by atoms with E-state index in [2.05, 4.69) is 15.9 Å². The van der Waals surface area contributed by atoms with Crippen molar-refractivity contribution in [1.29, 1.82) is 0 Å². The molecule has 0 spiro atoms. The predicted molar refractivity (Wildman–Crippen MR) is 117 cm³/mol. The SMILES string of the molecule is Cc1ccc(OCCN2C(=O)SC(=Cc3cc(Br)ccc3OCC(=O)O)C2=O)cc1. The Bertz CT molecular complexity index is 1010. The molecule has 7 nitrogen and oxygen atoms in total. The molecule has 3 rings (SSSR count). The van der Waals surface area contributed by atoms with Gasteiger partial charge in [0, 0.05) is 10.0 Å². The zero-order valence-electron chi connectivity index (χ0n) is 16.0. The zero-order valence-corrected chi connectivity index (χ0v) is 18.4. The molecule has 1 N–H and O–H groups in total. The van der Waals surface area contributed by atoms with Gasteiger partial charge in [-0.3, -0.25) is 14.5 Å². The van der Waals surface area contributed by atoms with Crippen LogP contribution in [0, 0.1) is 6.92 Å². The standard InChI is InChI=1S/C21H18BrNO6S/c1-13-2-5-16(6-3-13)28-9-8-23-20(26)18(30-21(23)27)11-14-10-15(22)4-7-17(14)29-12-19(24)25/h2-7,10-11H,8-9,12H2,1H3,(H,24,25). The van der Waals surface area contributed by atoms with E-state index in [1.165, 1.54) is 6.08 Å². The van der Waals surface area contributed by atoms with E-state index in [-0.39, 0.29) is 23.3 Å². The summed E-state index contributed by atoms with van der Waals surface area (Å²) in [6.07, 6.45) is 1.52. The van der Waals surface area contributed by atoms with Crippen LogP contribution in [0.4, 0.5) is 4.79 Å². The lowest BCUT2D eigenvalue weighted by Crippen LogP contribution is -2.32. The van der Waals surface area contributed by atoms with Gasteiger partial charge in [-0.25, -0.2) is 4.79 Å². The number of ether oxygens (including phenoxy) is 2. The van der Waals surface area contributed by atoms with E-state index in [0.717, 1.165) is 26.7 Å². The summed E-state index contributed by atoms with van der Waals surface area (Å²) in [6, 6.07) is 12.5. The minimum absolute atomic E-state index is 0.122. The van der Waals surface area contributed by atoms with Gasteiger partial charge in [-0.1, -0.05) is 33.6 Å². The van der Waals surface area contributed by atoms with E-state index in [1.807, 2.05) is 31.2 Å². The highest BCUT2D eigenvalue weighted by molar-refractivity contribution is 9.10. The molecule has 2 amide bonds. The van der Waals surface area contributed by atoms with Crippen molar-refractivity contribution in [3.8, 4) is 11.5 Å². The average Bonchev–Trinajstić information content (AvgIpc) is 2.96. The number of rotatable bonds is 8. The number of carboxylic acids is 1. The third-order valence-corrected chi connectivity index (χ3v) is 5.49. The first-order valence-electron chi connectivity index (χ1n) is 8.92. The number of hydrogen-bond donors (Lipinski definition) is 1. The van der Waals surface area contributed by atoms with E-state index in [4.69, 9.17) is 14.6 Å². The van der Waals surface area contributed by atoms with Gasteiger partial charge in [-0.05, 0) is 55.1 Å². The van der Waals surface area contributed by atoms with Crippen LogP contribution in [0.15, 0.2) is 51.8 Å². The number of halogens is 1. The zero-order chi connectivity index (χ0) is 21.7. The van der Waals surface area contributed by atoms with Crippen molar-refractivity contribution < 1.29 is 29.0 Å². The number of hydrogen-bond acceptors (Lipinski definition) is 6. The lowest BCUT2D eigenvalue weighted by atomic mass is 10.2. The van der Waals surface area contributed by atoms with Crippen LogP contribution in [-0.2, 0) is 9.59 Å². The number of aryl methyl sites for hydroxylation is 1. The van der Waals surface area contributed by atoms with Gasteiger partial charge >= 0.3 is 5.97 Å². The van der Waals surface area contributed by atoms with Gasteiger partial charge < -0.3 is 14.6 Å². The predicted octanol–water partition coefficient (Wildman–Crippen LogP) is 4.34. The maximum absolute atomic E-state index is 12.7. The molecule has 30 heavy (non-hydrogen) atoms. The van der Waals surface area contributed by atoms with Crippen LogP contribution in [0.2, 0.25) is 0 Å². The van der Waals surface area contributed by atoms with Gasteiger partial charge in [0.2, 0.25) is 0 Å². The summed E-state index contributed by atoms with van der Waals surface area (Å²) in [7, 11) is 0. The summed E-state index contributed by atoms with van der Waals surface area (Å²) in [4.78, 5) is 37.1. The van der Waals surface area contributed by atoms with Gasteiger partial charge in [-0.2, -0.15) is 0 Å². The smallest absolute Gasteiger partial charge is 0.341 e. The summed E-state index contributed by atoms with van der Waals surface area (Å²) in [6.45, 7) is 1.76. The normalized spacial score (nSPS) is 15.0. The molecule has 1 heterocycles. The van der Waals surface area contributed by atoms with E-state index in [1.54, 1.807) is 18.2 Å². The Morgan fingerprint density at radius 1 is 1.17 bits per heavy atom. The molecule has 0 aromatic heterocycles. The topological polar surface area (TPSA) is 93.1 Å². The molecule has 0 saturated carbocycles. The van der Waals surface area contributed by atoms with Gasteiger partial charge in [0.25, 0.3) is 11.1 Å². The quantitative estimate of drug-likeness (QED) is 0.549. The van der Waals surface area contributed by atoms with Crippen LogP contribution >= 0.6 is 27.7 Å². The maximum Gasteiger partial charge on any atom is 0.341 e. The third kappa shape index (κ3) is 5.64. The first-order chi connectivity index (χ1) is 14.3. The maximum atomic E-state index is 12.7. The lowest BCUT2D eigenvalue weighted by Gasteiger charge is -2.13. The number of amides is 2. The molecule has 9 heteroatoms. The van der Waals surface area contributed by atoms with Crippen LogP contribution in [0.3, 0.4) is 0 Å². The Morgan fingerprint density at radius 2 is 1.90 bits per heavy atom. The highest BCUT2D eigenvalue weighted by Crippen LogP contribution is 2.34. The van der Waals surface area contributed by atoms with Crippen molar-refractivity contribution in [3.05, 3.63) is 63.0 Å². The molecule has 0 radical (unpaired) electrons. The number of imide groups is 1. The van der Waals surface area contributed by atoms with Crippen LogP contribution in [-0.4, -0.2) is 46.9 Å². The molecule has 2 aromatic carbocycles. The Hall–Kier alpha value is -2.78. The Balaban J connectivity index is 1.69. The summed E-state index contributed by atoms with van der Waals surface area (Å²) >= 11 is 4.16. The second-order valence-electron chi connectivity index (χ2n) is 6.36. The molecule has 1 saturated heterocycles. The van der Waals surface area contributed by atoms with E-state index < -0.39 is 18.5 Å².